The molecule has 1 heterocycles. The van der Waals surface area contributed by atoms with E-state index in [-0.39, 0.29) is 16.9 Å². The maximum absolute atomic E-state index is 10.9. The predicted molar refractivity (Wildman–Crippen MR) is 66.3 cm³/mol. The molecular weight excluding hydrogens is 250 g/mol. The fourth-order valence-electron chi connectivity index (χ4n) is 1.79. The topological polar surface area (TPSA) is 97.4 Å². The summed E-state index contributed by atoms with van der Waals surface area (Å²) in [6.45, 7) is 1.80. The first kappa shape index (κ1) is 13.3. The SMILES string of the molecule is N#Cc1ccc(NOCC2CCOC2)c([N+](=O)[O-])c1. The highest BCUT2D eigenvalue weighted by Gasteiger charge is 2.18. The molecule has 100 valence electrons. The molecule has 1 saturated heterocycles. The van der Waals surface area contributed by atoms with Crippen molar-refractivity contribution in [3.63, 3.8) is 0 Å². The number of anilines is 1. The van der Waals surface area contributed by atoms with Gasteiger partial charge in [-0.15, -0.1) is 0 Å². The van der Waals surface area contributed by atoms with Crippen LogP contribution >= 0.6 is 0 Å². The van der Waals surface area contributed by atoms with Gasteiger partial charge in [-0.2, -0.15) is 5.26 Å². The second-order valence-corrected chi connectivity index (χ2v) is 4.24. The van der Waals surface area contributed by atoms with E-state index in [0.29, 0.717) is 19.1 Å². The largest absolute Gasteiger partial charge is 0.381 e. The Hall–Kier alpha value is -2.17. The van der Waals surface area contributed by atoms with E-state index in [0.717, 1.165) is 13.0 Å². The molecule has 1 aromatic carbocycles. The maximum atomic E-state index is 10.9. The third-order valence-electron chi connectivity index (χ3n) is 2.85. The van der Waals surface area contributed by atoms with Crippen LogP contribution in [-0.2, 0) is 9.57 Å². The molecule has 0 spiro atoms. The first-order valence-corrected chi connectivity index (χ1v) is 5.85. The Kier molecular flexibility index (Phi) is 4.28. The van der Waals surface area contributed by atoms with Gasteiger partial charge in [0.15, 0.2) is 0 Å². The van der Waals surface area contributed by atoms with Crippen molar-refractivity contribution in [3.8, 4) is 6.07 Å². The lowest BCUT2D eigenvalue weighted by Gasteiger charge is -2.10. The number of nitro benzene ring substituents is 1. The minimum Gasteiger partial charge on any atom is -0.381 e. The third kappa shape index (κ3) is 3.40. The van der Waals surface area contributed by atoms with Crippen molar-refractivity contribution in [2.24, 2.45) is 5.92 Å². The molecule has 1 unspecified atom stereocenters. The molecule has 1 fully saturated rings. The second kappa shape index (κ2) is 6.13. The van der Waals surface area contributed by atoms with E-state index in [1.165, 1.54) is 18.2 Å². The molecule has 0 aromatic heterocycles. The molecule has 1 N–H and O–H groups in total. The van der Waals surface area contributed by atoms with Crippen molar-refractivity contribution in [1.29, 1.82) is 5.26 Å². The lowest BCUT2D eigenvalue weighted by atomic mass is 10.1. The Morgan fingerprint density at radius 1 is 1.63 bits per heavy atom. The number of ether oxygens (including phenoxy) is 1. The number of nitrogens with zero attached hydrogens (tertiary/aromatic N) is 2. The number of rotatable bonds is 5. The van der Waals surface area contributed by atoms with Gasteiger partial charge in [-0.25, -0.2) is 0 Å². The van der Waals surface area contributed by atoms with Gasteiger partial charge in [0.05, 0.1) is 29.8 Å². The van der Waals surface area contributed by atoms with Crippen molar-refractivity contribution >= 4 is 11.4 Å². The van der Waals surface area contributed by atoms with Gasteiger partial charge in [-0.1, -0.05) is 0 Å². The smallest absolute Gasteiger partial charge is 0.295 e. The van der Waals surface area contributed by atoms with Gasteiger partial charge >= 0.3 is 0 Å². The van der Waals surface area contributed by atoms with Crippen LogP contribution in [0.1, 0.15) is 12.0 Å². The van der Waals surface area contributed by atoms with Gasteiger partial charge in [-0.05, 0) is 18.6 Å². The van der Waals surface area contributed by atoms with E-state index in [1.54, 1.807) is 0 Å². The Labute approximate surface area is 109 Å². The summed E-state index contributed by atoms with van der Waals surface area (Å²) >= 11 is 0. The van der Waals surface area contributed by atoms with Gasteiger partial charge in [-0.3, -0.25) is 20.4 Å². The minimum atomic E-state index is -0.550. The number of nitriles is 1. The maximum Gasteiger partial charge on any atom is 0.295 e. The van der Waals surface area contributed by atoms with E-state index in [4.69, 9.17) is 14.8 Å². The molecule has 19 heavy (non-hydrogen) atoms. The number of hydrogen-bond donors (Lipinski definition) is 1. The summed E-state index contributed by atoms with van der Waals surface area (Å²) in [5.74, 6) is 0.310. The standard InChI is InChI=1S/C12H13N3O4/c13-6-9-1-2-11(12(5-9)15(16)17)14-19-8-10-3-4-18-7-10/h1-2,5,10,14H,3-4,7-8H2. The van der Waals surface area contributed by atoms with Gasteiger partial charge in [0.2, 0.25) is 0 Å². The van der Waals surface area contributed by atoms with Crippen LogP contribution in [0, 0.1) is 27.4 Å². The number of hydrogen-bond acceptors (Lipinski definition) is 6. The van der Waals surface area contributed by atoms with Gasteiger partial charge in [0, 0.05) is 18.6 Å². The molecule has 0 saturated carbocycles. The Balaban J connectivity index is 1.98. The van der Waals surface area contributed by atoms with E-state index >= 15 is 0 Å². The van der Waals surface area contributed by atoms with E-state index in [2.05, 4.69) is 5.48 Å². The quantitative estimate of drug-likeness (QED) is 0.643. The molecule has 7 nitrogen and oxygen atoms in total. The van der Waals surface area contributed by atoms with Crippen molar-refractivity contribution < 1.29 is 14.5 Å². The molecule has 7 heteroatoms. The summed E-state index contributed by atoms with van der Waals surface area (Å²) in [6, 6.07) is 6.03. The van der Waals surface area contributed by atoms with E-state index < -0.39 is 4.92 Å². The highest BCUT2D eigenvalue weighted by Crippen LogP contribution is 2.25. The number of nitrogens with one attached hydrogen (secondary N) is 1. The zero-order chi connectivity index (χ0) is 13.7. The number of nitro groups is 1. The summed E-state index contributed by atoms with van der Waals surface area (Å²) in [4.78, 5) is 15.6. The minimum absolute atomic E-state index is 0.179. The fraction of sp³-hybridized carbons (Fsp3) is 0.417. The van der Waals surface area contributed by atoms with Gasteiger partial charge in [0.1, 0.15) is 5.69 Å². The molecule has 0 amide bonds. The first-order chi connectivity index (χ1) is 9.20. The molecule has 1 atom stereocenters. The molecule has 1 aliphatic heterocycles. The summed E-state index contributed by atoms with van der Waals surface area (Å²) in [5, 5.41) is 19.6. The average molecular weight is 263 g/mol. The molecule has 0 aliphatic carbocycles. The van der Waals surface area contributed by atoms with Crippen molar-refractivity contribution in [1.82, 2.24) is 0 Å². The molecule has 0 radical (unpaired) electrons. The normalized spacial score (nSPS) is 17.9. The number of benzene rings is 1. The van der Waals surface area contributed by atoms with Crippen molar-refractivity contribution in [2.75, 3.05) is 25.3 Å². The van der Waals surface area contributed by atoms with Crippen LogP contribution < -0.4 is 5.48 Å². The van der Waals surface area contributed by atoms with Crippen LogP contribution in [0.2, 0.25) is 0 Å². The van der Waals surface area contributed by atoms with Crippen molar-refractivity contribution in [3.05, 3.63) is 33.9 Å². The Bertz CT molecular complexity index is 506. The average Bonchev–Trinajstić information content (AvgIpc) is 2.92. The molecule has 0 bridgehead atoms. The molecular formula is C12H13N3O4. The van der Waals surface area contributed by atoms with Gasteiger partial charge < -0.3 is 4.74 Å². The highest BCUT2D eigenvalue weighted by atomic mass is 16.6. The van der Waals surface area contributed by atoms with Crippen LogP contribution in [0.3, 0.4) is 0 Å². The summed E-state index contributed by atoms with van der Waals surface area (Å²) in [6.07, 6.45) is 0.928. The van der Waals surface area contributed by atoms with E-state index in [1.807, 2.05) is 6.07 Å². The third-order valence-corrected chi connectivity index (χ3v) is 2.85. The van der Waals surface area contributed by atoms with Crippen LogP contribution in [0.4, 0.5) is 11.4 Å². The van der Waals surface area contributed by atoms with E-state index in [9.17, 15) is 10.1 Å². The fourth-order valence-corrected chi connectivity index (χ4v) is 1.79. The molecule has 1 aliphatic rings. The van der Waals surface area contributed by atoms with Crippen molar-refractivity contribution in [2.45, 2.75) is 6.42 Å². The molecule has 2 rings (SSSR count). The Morgan fingerprint density at radius 3 is 3.11 bits per heavy atom. The zero-order valence-corrected chi connectivity index (χ0v) is 10.2. The molecule has 1 aromatic rings. The first-order valence-electron chi connectivity index (χ1n) is 5.85. The lowest BCUT2D eigenvalue weighted by molar-refractivity contribution is -0.384. The summed E-state index contributed by atoms with van der Waals surface area (Å²) < 4.78 is 5.20. The zero-order valence-electron chi connectivity index (χ0n) is 10.2. The van der Waals surface area contributed by atoms with Crippen LogP contribution in [-0.4, -0.2) is 24.7 Å². The lowest BCUT2D eigenvalue weighted by Crippen LogP contribution is -2.13. The predicted octanol–water partition coefficient (Wildman–Crippen LogP) is 1.85. The van der Waals surface area contributed by atoms with Crippen LogP contribution in [0.15, 0.2) is 18.2 Å². The van der Waals surface area contributed by atoms with Gasteiger partial charge in [0.25, 0.3) is 5.69 Å². The van der Waals surface area contributed by atoms with Crippen LogP contribution in [0.25, 0.3) is 0 Å². The second-order valence-electron chi connectivity index (χ2n) is 4.24. The highest BCUT2D eigenvalue weighted by molar-refractivity contribution is 5.62. The van der Waals surface area contributed by atoms with Crippen LogP contribution in [0.5, 0.6) is 0 Å². The summed E-state index contributed by atoms with van der Waals surface area (Å²) in [5.41, 5.74) is 2.86. The monoisotopic (exact) mass is 263 g/mol. The summed E-state index contributed by atoms with van der Waals surface area (Å²) in [7, 11) is 0. The Morgan fingerprint density at radius 2 is 2.47 bits per heavy atom.